The van der Waals surface area contributed by atoms with Gasteiger partial charge in [0.25, 0.3) is 0 Å². The highest BCUT2D eigenvalue weighted by atomic mass is 35.5. The second-order valence-electron chi connectivity index (χ2n) is 5.96. The topological polar surface area (TPSA) is 75.7 Å². The van der Waals surface area contributed by atoms with Gasteiger partial charge in [0.15, 0.2) is 0 Å². The lowest BCUT2D eigenvalue weighted by Crippen LogP contribution is -2.40. The monoisotopic (exact) mass is 388 g/mol. The largest absolute Gasteiger partial charge is 0.465 e. The molecule has 6 nitrogen and oxygen atoms in total. The van der Waals surface area contributed by atoms with E-state index in [9.17, 15) is 14.4 Å². The molecule has 0 aliphatic rings. The predicted molar refractivity (Wildman–Crippen MR) is 104 cm³/mol. The summed E-state index contributed by atoms with van der Waals surface area (Å²) in [6, 6.07) is 13.7. The average Bonchev–Trinajstić information content (AvgIpc) is 2.66. The number of carbonyl (C=O) groups excluding carboxylic acids is 3. The standard InChI is InChI=1S/C20H21ClN2O4/c1-13(15-7-5-4-6-8-15)22-19(25)12-23(14(2)24)18-11-16(20(26)27-3)9-10-17(18)21/h4-11,13H,12H2,1-3H3,(H,22,25). The molecule has 2 aromatic carbocycles. The number of carbonyl (C=O) groups is 3. The summed E-state index contributed by atoms with van der Waals surface area (Å²) in [5, 5.41) is 3.10. The minimum atomic E-state index is -0.557. The molecule has 2 amide bonds. The Bertz CT molecular complexity index is 839. The lowest BCUT2D eigenvalue weighted by atomic mass is 10.1. The summed E-state index contributed by atoms with van der Waals surface area (Å²) in [6.07, 6.45) is 0. The van der Waals surface area contributed by atoms with E-state index in [2.05, 4.69) is 10.1 Å². The molecule has 1 N–H and O–H groups in total. The molecule has 1 atom stereocenters. The number of esters is 1. The van der Waals surface area contributed by atoms with Crippen LogP contribution in [0.15, 0.2) is 48.5 Å². The van der Waals surface area contributed by atoms with E-state index in [-0.39, 0.29) is 40.7 Å². The quantitative estimate of drug-likeness (QED) is 0.770. The van der Waals surface area contributed by atoms with E-state index in [1.807, 2.05) is 37.3 Å². The molecule has 0 bridgehead atoms. The zero-order chi connectivity index (χ0) is 20.0. The number of rotatable bonds is 6. The first-order valence-electron chi connectivity index (χ1n) is 8.33. The molecule has 142 valence electrons. The van der Waals surface area contributed by atoms with Crippen LogP contribution in [0.5, 0.6) is 0 Å². The van der Waals surface area contributed by atoms with Crippen LogP contribution in [-0.4, -0.2) is 31.4 Å². The highest BCUT2D eigenvalue weighted by Gasteiger charge is 2.21. The minimum Gasteiger partial charge on any atom is -0.465 e. The maximum absolute atomic E-state index is 12.5. The third-order valence-electron chi connectivity index (χ3n) is 4.02. The number of ether oxygens (including phenoxy) is 1. The van der Waals surface area contributed by atoms with Gasteiger partial charge in [0.2, 0.25) is 11.8 Å². The van der Waals surface area contributed by atoms with Gasteiger partial charge < -0.3 is 15.0 Å². The zero-order valence-electron chi connectivity index (χ0n) is 15.4. The van der Waals surface area contributed by atoms with Crippen LogP contribution in [0.4, 0.5) is 5.69 Å². The van der Waals surface area contributed by atoms with Crippen molar-refractivity contribution in [3.05, 3.63) is 64.7 Å². The van der Waals surface area contributed by atoms with Crippen LogP contribution < -0.4 is 10.2 Å². The number of halogens is 1. The zero-order valence-corrected chi connectivity index (χ0v) is 16.1. The van der Waals surface area contributed by atoms with Gasteiger partial charge in [-0.1, -0.05) is 41.9 Å². The van der Waals surface area contributed by atoms with Crippen LogP contribution in [0, 0.1) is 0 Å². The van der Waals surface area contributed by atoms with Crippen LogP contribution in [0.2, 0.25) is 5.02 Å². The van der Waals surface area contributed by atoms with Gasteiger partial charge in [-0.3, -0.25) is 9.59 Å². The van der Waals surface area contributed by atoms with Crippen molar-refractivity contribution in [3.63, 3.8) is 0 Å². The van der Waals surface area contributed by atoms with Crippen LogP contribution >= 0.6 is 11.6 Å². The Morgan fingerprint density at radius 2 is 1.81 bits per heavy atom. The van der Waals surface area contributed by atoms with Gasteiger partial charge in [0.05, 0.1) is 29.4 Å². The SMILES string of the molecule is COC(=O)c1ccc(Cl)c(N(CC(=O)NC(C)c2ccccc2)C(C)=O)c1. The summed E-state index contributed by atoms with van der Waals surface area (Å²) in [5.41, 5.74) is 1.46. The predicted octanol–water partition coefficient (Wildman–Crippen LogP) is 3.36. The molecule has 27 heavy (non-hydrogen) atoms. The Morgan fingerprint density at radius 1 is 1.15 bits per heavy atom. The van der Waals surface area contributed by atoms with E-state index in [1.165, 1.54) is 37.1 Å². The van der Waals surface area contributed by atoms with Gasteiger partial charge in [-0.15, -0.1) is 0 Å². The summed E-state index contributed by atoms with van der Waals surface area (Å²) in [7, 11) is 1.26. The molecule has 0 aliphatic heterocycles. The Morgan fingerprint density at radius 3 is 2.41 bits per heavy atom. The summed E-state index contributed by atoms with van der Waals surface area (Å²) in [5.74, 6) is -1.28. The Hall–Kier alpha value is -2.86. The van der Waals surface area contributed by atoms with E-state index in [1.54, 1.807) is 0 Å². The fourth-order valence-electron chi connectivity index (χ4n) is 2.59. The second kappa shape index (κ2) is 9.19. The number of methoxy groups -OCH3 is 1. The molecule has 0 aromatic heterocycles. The highest BCUT2D eigenvalue weighted by Crippen LogP contribution is 2.27. The number of nitrogens with zero attached hydrogens (tertiary/aromatic N) is 1. The molecule has 0 aliphatic carbocycles. The smallest absolute Gasteiger partial charge is 0.337 e. The Kier molecular flexibility index (Phi) is 6.96. The normalized spacial score (nSPS) is 11.4. The van der Waals surface area contributed by atoms with E-state index < -0.39 is 5.97 Å². The van der Waals surface area contributed by atoms with Gasteiger partial charge in [0, 0.05) is 6.92 Å². The molecule has 1 unspecified atom stereocenters. The van der Waals surface area contributed by atoms with Crippen LogP contribution in [0.1, 0.15) is 35.8 Å². The van der Waals surface area contributed by atoms with E-state index >= 15 is 0 Å². The van der Waals surface area contributed by atoms with E-state index in [4.69, 9.17) is 11.6 Å². The molecule has 0 saturated heterocycles. The average molecular weight is 389 g/mol. The highest BCUT2D eigenvalue weighted by molar-refractivity contribution is 6.34. The number of hydrogen-bond donors (Lipinski definition) is 1. The number of anilines is 1. The molecule has 0 heterocycles. The van der Waals surface area contributed by atoms with Crippen LogP contribution in [-0.2, 0) is 14.3 Å². The van der Waals surface area contributed by atoms with Gasteiger partial charge in [-0.25, -0.2) is 4.79 Å². The summed E-state index contributed by atoms with van der Waals surface area (Å²) in [4.78, 5) is 37.5. The fourth-order valence-corrected chi connectivity index (χ4v) is 2.81. The van der Waals surface area contributed by atoms with Gasteiger partial charge in [-0.2, -0.15) is 0 Å². The van der Waals surface area contributed by atoms with Crippen molar-refractivity contribution in [1.29, 1.82) is 0 Å². The summed E-state index contributed by atoms with van der Waals surface area (Å²) < 4.78 is 4.69. The number of nitrogens with one attached hydrogen (secondary N) is 1. The van der Waals surface area contributed by atoms with Crippen molar-refractivity contribution in [2.45, 2.75) is 19.9 Å². The van der Waals surface area contributed by atoms with Crippen molar-refractivity contribution in [3.8, 4) is 0 Å². The molecule has 0 fully saturated rings. The Balaban J connectivity index is 2.19. The first-order valence-corrected chi connectivity index (χ1v) is 8.71. The lowest BCUT2D eigenvalue weighted by molar-refractivity contribution is -0.123. The maximum Gasteiger partial charge on any atom is 0.337 e. The van der Waals surface area contributed by atoms with Crippen LogP contribution in [0.25, 0.3) is 0 Å². The van der Waals surface area contributed by atoms with Crippen LogP contribution in [0.3, 0.4) is 0 Å². The van der Waals surface area contributed by atoms with Gasteiger partial charge in [0.1, 0.15) is 6.54 Å². The molecule has 0 spiro atoms. The van der Waals surface area contributed by atoms with Crippen molar-refractivity contribution >= 4 is 35.1 Å². The molecular weight excluding hydrogens is 368 g/mol. The third-order valence-corrected chi connectivity index (χ3v) is 4.34. The molecule has 7 heteroatoms. The maximum atomic E-state index is 12.5. The van der Waals surface area contributed by atoms with Crippen molar-refractivity contribution < 1.29 is 19.1 Å². The molecule has 2 rings (SSSR count). The third kappa shape index (κ3) is 5.31. The minimum absolute atomic E-state index is 0.218. The van der Waals surface area contributed by atoms with Gasteiger partial charge >= 0.3 is 5.97 Å². The van der Waals surface area contributed by atoms with E-state index in [0.717, 1.165) is 5.56 Å². The Labute approximate surface area is 163 Å². The first-order chi connectivity index (χ1) is 12.8. The number of hydrogen-bond acceptors (Lipinski definition) is 4. The summed E-state index contributed by atoms with van der Waals surface area (Å²) >= 11 is 6.19. The van der Waals surface area contributed by atoms with Gasteiger partial charge in [-0.05, 0) is 30.7 Å². The van der Waals surface area contributed by atoms with Crippen molar-refractivity contribution in [2.75, 3.05) is 18.6 Å². The molecular formula is C20H21ClN2O4. The number of amides is 2. The van der Waals surface area contributed by atoms with Crippen molar-refractivity contribution in [2.24, 2.45) is 0 Å². The first kappa shape index (κ1) is 20.5. The molecule has 0 radical (unpaired) electrons. The fraction of sp³-hybridized carbons (Fsp3) is 0.250. The summed E-state index contributed by atoms with van der Waals surface area (Å²) in [6.45, 7) is 2.96. The lowest BCUT2D eigenvalue weighted by Gasteiger charge is -2.23. The second-order valence-corrected chi connectivity index (χ2v) is 6.37. The number of benzene rings is 2. The molecule has 2 aromatic rings. The van der Waals surface area contributed by atoms with E-state index in [0.29, 0.717) is 0 Å². The molecule has 0 saturated carbocycles. The van der Waals surface area contributed by atoms with Crippen molar-refractivity contribution in [1.82, 2.24) is 5.32 Å².